The first kappa shape index (κ1) is 19.1. The lowest BCUT2D eigenvalue weighted by atomic mass is 10.0. The highest BCUT2D eigenvalue weighted by Gasteiger charge is 2.28. The second-order valence-electron chi connectivity index (χ2n) is 5.20. The molecule has 1 aromatic carbocycles. The predicted molar refractivity (Wildman–Crippen MR) is 92.1 cm³/mol. The summed E-state index contributed by atoms with van der Waals surface area (Å²) >= 11 is 3.40. The summed E-state index contributed by atoms with van der Waals surface area (Å²) in [6, 6.07) is 3.56. The van der Waals surface area contributed by atoms with Gasteiger partial charge in [0.05, 0.1) is 14.2 Å². The number of rotatable bonds is 5. The van der Waals surface area contributed by atoms with Gasteiger partial charge in [0.25, 0.3) is 5.91 Å². The Kier molecular flexibility index (Phi) is 7.45. The fraction of sp³-hybridized carbons (Fsp3) is 0.533. The van der Waals surface area contributed by atoms with E-state index in [0.717, 1.165) is 19.3 Å². The molecule has 1 aliphatic carbocycles. The Morgan fingerprint density at radius 1 is 1.32 bits per heavy atom. The minimum atomic E-state index is -0.121. The van der Waals surface area contributed by atoms with Crippen molar-refractivity contribution in [1.82, 2.24) is 5.32 Å². The number of carbonyl (C=O) groups is 1. The second kappa shape index (κ2) is 8.60. The Balaban J connectivity index is 0.00000242. The topological polar surface area (TPSA) is 73.6 Å². The molecule has 0 spiro atoms. The van der Waals surface area contributed by atoms with Crippen LogP contribution < -0.4 is 20.5 Å². The summed E-state index contributed by atoms with van der Waals surface area (Å²) in [5.41, 5.74) is 6.28. The van der Waals surface area contributed by atoms with Crippen LogP contribution in [-0.4, -0.2) is 32.7 Å². The van der Waals surface area contributed by atoms with Gasteiger partial charge in [-0.3, -0.25) is 4.79 Å². The zero-order chi connectivity index (χ0) is 15.4. The SMILES string of the molecule is COc1cc(C(=O)NC2CCCC2CN)cc(OC)c1Br.Cl. The van der Waals surface area contributed by atoms with E-state index in [4.69, 9.17) is 15.2 Å². The molecule has 1 aromatic rings. The van der Waals surface area contributed by atoms with E-state index in [9.17, 15) is 4.79 Å². The molecule has 1 amide bonds. The Morgan fingerprint density at radius 2 is 1.91 bits per heavy atom. The molecule has 3 N–H and O–H groups in total. The molecular formula is C15H22BrClN2O3. The molecule has 0 heterocycles. The van der Waals surface area contributed by atoms with Crippen LogP contribution in [0.2, 0.25) is 0 Å². The number of amides is 1. The number of nitrogens with two attached hydrogens (primary N) is 1. The smallest absolute Gasteiger partial charge is 0.251 e. The lowest BCUT2D eigenvalue weighted by Crippen LogP contribution is -2.39. The molecule has 5 nitrogen and oxygen atoms in total. The molecule has 2 atom stereocenters. The van der Waals surface area contributed by atoms with Crippen LogP contribution in [0.3, 0.4) is 0 Å². The molecule has 2 unspecified atom stereocenters. The van der Waals surface area contributed by atoms with Crippen LogP contribution in [-0.2, 0) is 0 Å². The van der Waals surface area contributed by atoms with E-state index in [1.807, 2.05) is 0 Å². The van der Waals surface area contributed by atoms with Crippen molar-refractivity contribution in [2.75, 3.05) is 20.8 Å². The molecule has 0 bridgehead atoms. The number of nitrogens with one attached hydrogen (secondary N) is 1. The van der Waals surface area contributed by atoms with Crippen LogP contribution in [0, 0.1) is 5.92 Å². The van der Waals surface area contributed by atoms with Gasteiger partial charge in [0.1, 0.15) is 16.0 Å². The molecule has 2 rings (SSSR count). The number of hydrogen-bond donors (Lipinski definition) is 2. The number of hydrogen-bond acceptors (Lipinski definition) is 4. The van der Waals surface area contributed by atoms with Crippen molar-refractivity contribution < 1.29 is 14.3 Å². The molecule has 0 aromatic heterocycles. The summed E-state index contributed by atoms with van der Waals surface area (Å²) in [4.78, 5) is 12.4. The van der Waals surface area contributed by atoms with E-state index < -0.39 is 0 Å². The number of carbonyl (C=O) groups excluding carboxylic acids is 1. The van der Waals surface area contributed by atoms with Crippen molar-refractivity contribution in [3.05, 3.63) is 22.2 Å². The van der Waals surface area contributed by atoms with Crippen molar-refractivity contribution in [1.29, 1.82) is 0 Å². The Labute approximate surface area is 145 Å². The van der Waals surface area contributed by atoms with E-state index in [0.29, 0.717) is 34.0 Å². The van der Waals surface area contributed by atoms with Gasteiger partial charge < -0.3 is 20.5 Å². The van der Waals surface area contributed by atoms with E-state index >= 15 is 0 Å². The van der Waals surface area contributed by atoms with Gasteiger partial charge in [0.15, 0.2) is 0 Å². The fourth-order valence-corrected chi connectivity index (χ4v) is 3.31. The molecule has 1 saturated carbocycles. The third-order valence-electron chi connectivity index (χ3n) is 3.99. The summed E-state index contributed by atoms with van der Waals surface area (Å²) < 4.78 is 11.2. The van der Waals surface area contributed by atoms with Gasteiger partial charge in [-0.1, -0.05) is 6.42 Å². The number of benzene rings is 1. The van der Waals surface area contributed by atoms with Gasteiger partial charge in [0, 0.05) is 11.6 Å². The zero-order valence-electron chi connectivity index (χ0n) is 12.7. The van der Waals surface area contributed by atoms with E-state index in [-0.39, 0.29) is 24.4 Å². The van der Waals surface area contributed by atoms with Gasteiger partial charge in [-0.05, 0) is 53.4 Å². The van der Waals surface area contributed by atoms with Gasteiger partial charge >= 0.3 is 0 Å². The first-order chi connectivity index (χ1) is 10.1. The fourth-order valence-electron chi connectivity index (χ4n) is 2.76. The third kappa shape index (κ3) is 4.06. The molecular weight excluding hydrogens is 372 g/mol. The van der Waals surface area contributed by atoms with Crippen molar-refractivity contribution >= 4 is 34.2 Å². The highest BCUT2D eigenvalue weighted by molar-refractivity contribution is 9.10. The van der Waals surface area contributed by atoms with Gasteiger partial charge in [0.2, 0.25) is 0 Å². The summed E-state index contributed by atoms with van der Waals surface area (Å²) in [6.45, 7) is 0.609. The highest BCUT2D eigenvalue weighted by atomic mass is 79.9. The molecule has 7 heteroatoms. The zero-order valence-corrected chi connectivity index (χ0v) is 15.1. The Bertz CT molecular complexity index is 503. The maximum atomic E-state index is 12.4. The summed E-state index contributed by atoms with van der Waals surface area (Å²) in [5.74, 6) is 1.39. The number of methoxy groups -OCH3 is 2. The molecule has 1 fully saturated rings. The van der Waals surface area contributed by atoms with Crippen molar-refractivity contribution in [2.45, 2.75) is 25.3 Å². The number of ether oxygens (including phenoxy) is 2. The van der Waals surface area contributed by atoms with Crippen LogP contribution in [0.25, 0.3) is 0 Å². The maximum Gasteiger partial charge on any atom is 0.251 e. The largest absolute Gasteiger partial charge is 0.495 e. The van der Waals surface area contributed by atoms with Crippen molar-refractivity contribution in [3.63, 3.8) is 0 Å². The highest BCUT2D eigenvalue weighted by Crippen LogP contribution is 2.35. The average Bonchev–Trinajstić information content (AvgIpc) is 2.94. The van der Waals surface area contributed by atoms with Crippen molar-refractivity contribution in [2.24, 2.45) is 11.7 Å². The molecule has 22 heavy (non-hydrogen) atoms. The molecule has 124 valence electrons. The van der Waals surface area contributed by atoms with E-state index in [1.165, 1.54) is 0 Å². The van der Waals surface area contributed by atoms with Crippen LogP contribution in [0.5, 0.6) is 11.5 Å². The maximum absolute atomic E-state index is 12.4. The minimum Gasteiger partial charge on any atom is -0.495 e. The van der Waals surface area contributed by atoms with Crippen LogP contribution in [0.4, 0.5) is 0 Å². The first-order valence-corrected chi connectivity index (χ1v) is 7.82. The molecule has 0 radical (unpaired) electrons. The van der Waals surface area contributed by atoms with E-state index in [1.54, 1.807) is 26.4 Å². The van der Waals surface area contributed by atoms with Crippen molar-refractivity contribution in [3.8, 4) is 11.5 Å². The average molecular weight is 394 g/mol. The predicted octanol–water partition coefficient (Wildman–Crippen LogP) is 2.75. The molecule has 0 saturated heterocycles. The number of halogens is 2. The lowest BCUT2D eigenvalue weighted by Gasteiger charge is -2.20. The second-order valence-corrected chi connectivity index (χ2v) is 5.99. The summed E-state index contributed by atoms with van der Waals surface area (Å²) in [7, 11) is 3.12. The van der Waals surface area contributed by atoms with Crippen LogP contribution >= 0.6 is 28.3 Å². The summed E-state index contributed by atoms with van der Waals surface area (Å²) in [5, 5.41) is 3.07. The molecule has 1 aliphatic rings. The minimum absolute atomic E-state index is 0. The van der Waals surface area contributed by atoms with Gasteiger partial charge in [-0.25, -0.2) is 0 Å². The first-order valence-electron chi connectivity index (χ1n) is 7.03. The van der Waals surface area contributed by atoms with Crippen LogP contribution in [0.1, 0.15) is 29.6 Å². The van der Waals surface area contributed by atoms with Gasteiger partial charge in [-0.15, -0.1) is 12.4 Å². The lowest BCUT2D eigenvalue weighted by molar-refractivity contribution is 0.0928. The quantitative estimate of drug-likeness (QED) is 0.807. The standard InChI is InChI=1S/C15H21BrN2O3.ClH/c1-20-12-6-10(7-13(21-2)14(12)16)15(19)18-11-5-3-4-9(11)8-17;/h6-7,9,11H,3-5,8,17H2,1-2H3,(H,18,19);1H. The monoisotopic (exact) mass is 392 g/mol. The molecule has 0 aliphatic heterocycles. The van der Waals surface area contributed by atoms with Crippen LogP contribution in [0.15, 0.2) is 16.6 Å². The summed E-state index contributed by atoms with van der Waals surface area (Å²) in [6.07, 6.45) is 3.17. The third-order valence-corrected chi connectivity index (χ3v) is 4.77. The normalized spacial score (nSPS) is 20.2. The van der Waals surface area contributed by atoms with E-state index in [2.05, 4.69) is 21.2 Å². The van der Waals surface area contributed by atoms with Gasteiger partial charge in [-0.2, -0.15) is 0 Å². The Morgan fingerprint density at radius 3 is 2.41 bits per heavy atom. The Hall–Kier alpha value is -0.980.